The summed E-state index contributed by atoms with van der Waals surface area (Å²) < 4.78 is 0. The molecule has 0 radical (unpaired) electrons. The largest absolute Gasteiger partial charge is 0.321 e. The second kappa shape index (κ2) is 5.55. The Labute approximate surface area is 94.4 Å². The molecule has 2 N–H and O–H groups in total. The molecule has 3 heteroatoms. The van der Waals surface area contributed by atoms with E-state index in [-0.39, 0.29) is 12.2 Å². The van der Waals surface area contributed by atoms with E-state index in [1.54, 1.807) is 12.1 Å². The fraction of sp³-hybridized carbons (Fsp3) is 0.250. The molecule has 0 aromatic heterocycles. The molecule has 0 aliphatic carbocycles. The zero-order valence-corrected chi connectivity index (χ0v) is 9.00. The van der Waals surface area contributed by atoms with E-state index in [9.17, 15) is 4.79 Å². The number of halogens is 1. The first-order valence-corrected chi connectivity index (χ1v) is 4.97. The summed E-state index contributed by atoms with van der Waals surface area (Å²) >= 11 is 5.72. The highest BCUT2D eigenvalue weighted by Gasteiger charge is 2.12. The number of carbonyl (C=O) groups excluding carboxylic acids is 1. The standard InChI is InChI=1S/C12H12ClNO/c1-2-3-11(14)12(15)8-9-4-6-10(13)7-5-9/h1,4-7,11H,3,8,14H2. The van der Waals surface area contributed by atoms with Gasteiger partial charge in [0.15, 0.2) is 5.78 Å². The van der Waals surface area contributed by atoms with Gasteiger partial charge in [0.05, 0.1) is 6.04 Å². The van der Waals surface area contributed by atoms with Crippen molar-refractivity contribution in [3.63, 3.8) is 0 Å². The van der Waals surface area contributed by atoms with Crippen LogP contribution >= 0.6 is 11.6 Å². The normalized spacial score (nSPS) is 11.8. The lowest BCUT2D eigenvalue weighted by Gasteiger charge is -2.06. The molecule has 0 saturated heterocycles. The van der Waals surface area contributed by atoms with Gasteiger partial charge in [-0.2, -0.15) is 0 Å². The smallest absolute Gasteiger partial charge is 0.154 e. The maximum absolute atomic E-state index is 11.5. The van der Waals surface area contributed by atoms with E-state index in [1.807, 2.05) is 12.1 Å². The van der Waals surface area contributed by atoms with E-state index in [0.29, 0.717) is 11.4 Å². The molecular formula is C12H12ClNO. The third kappa shape index (κ3) is 3.75. The molecule has 0 spiro atoms. The molecule has 0 heterocycles. The Kier molecular flexibility index (Phi) is 4.36. The van der Waals surface area contributed by atoms with Crippen molar-refractivity contribution in [3.05, 3.63) is 34.9 Å². The number of terminal acetylenes is 1. The summed E-state index contributed by atoms with van der Waals surface area (Å²) in [6.07, 6.45) is 5.67. The van der Waals surface area contributed by atoms with Gasteiger partial charge in [0, 0.05) is 17.9 Å². The lowest BCUT2D eigenvalue weighted by atomic mass is 10.0. The minimum absolute atomic E-state index is 0.0460. The van der Waals surface area contributed by atoms with Gasteiger partial charge < -0.3 is 5.73 Å². The number of rotatable bonds is 4. The highest BCUT2D eigenvalue weighted by Crippen LogP contribution is 2.10. The van der Waals surface area contributed by atoms with Gasteiger partial charge in [-0.1, -0.05) is 23.7 Å². The minimum Gasteiger partial charge on any atom is -0.321 e. The Bertz CT molecular complexity index is 378. The molecule has 1 rings (SSSR count). The van der Waals surface area contributed by atoms with Crippen LogP contribution in [0.25, 0.3) is 0 Å². The average Bonchev–Trinajstić information content (AvgIpc) is 2.22. The van der Waals surface area contributed by atoms with E-state index in [0.717, 1.165) is 5.56 Å². The van der Waals surface area contributed by atoms with Crippen LogP contribution in [0.4, 0.5) is 0 Å². The highest BCUT2D eigenvalue weighted by molar-refractivity contribution is 6.30. The van der Waals surface area contributed by atoms with E-state index in [1.165, 1.54) is 0 Å². The molecule has 0 aliphatic heterocycles. The van der Waals surface area contributed by atoms with E-state index in [2.05, 4.69) is 5.92 Å². The summed E-state index contributed by atoms with van der Waals surface area (Å²) in [4.78, 5) is 11.5. The van der Waals surface area contributed by atoms with Crippen molar-refractivity contribution in [1.29, 1.82) is 0 Å². The Morgan fingerprint density at radius 1 is 1.47 bits per heavy atom. The summed E-state index contributed by atoms with van der Waals surface area (Å²) in [6, 6.07) is 6.55. The molecule has 1 atom stereocenters. The van der Waals surface area contributed by atoms with E-state index in [4.69, 9.17) is 23.8 Å². The van der Waals surface area contributed by atoms with Crippen molar-refractivity contribution in [3.8, 4) is 12.3 Å². The van der Waals surface area contributed by atoms with Crippen molar-refractivity contribution in [1.82, 2.24) is 0 Å². The highest BCUT2D eigenvalue weighted by atomic mass is 35.5. The SMILES string of the molecule is C#CCC(N)C(=O)Cc1ccc(Cl)cc1. The second-order valence-electron chi connectivity index (χ2n) is 3.28. The number of hydrogen-bond donors (Lipinski definition) is 1. The fourth-order valence-electron chi connectivity index (χ4n) is 1.18. The van der Waals surface area contributed by atoms with Crippen molar-refractivity contribution in [2.24, 2.45) is 5.73 Å². The molecule has 0 saturated carbocycles. The lowest BCUT2D eigenvalue weighted by Crippen LogP contribution is -2.31. The third-order valence-corrected chi connectivity index (χ3v) is 2.29. The predicted octanol–water partition coefficient (Wildman–Crippen LogP) is 1.80. The number of carbonyl (C=O) groups is 1. The summed E-state index contributed by atoms with van der Waals surface area (Å²) in [6.45, 7) is 0. The molecule has 15 heavy (non-hydrogen) atoms. The Hall–Kier alpha value is -1.30. The van der Waals surface area contributed by atoms with Crippen LogP contribution in [0.1, 0.15) is 12.0 Å². The van der Waals surface area contributed by atoms with Crippen molar-refractivity contribution < 1.29 is 4.79 Å². The maximum Gasteiger partial charge on any atom is 0.154 e. The lowest BCUT2D eigenvalue weighted by molar-refractivity contribution is -0.119. The van der Waals surface area contributed by atoms with Gasteiger partial charge in [-0.3, -0.25) is 4.79 Å². The van der Waals surface area contributed by atoms with Crippen molar-refractivity contribution >= 4 is 17.4 Å². The zero-order valence-electron chi connectivity index (χ0n) is 8.24. The number of hydrogen-bond acceptors (Lipinski definition) is 2. The van der Waals surface area contributed by atoms with Crippen LogP contribution in [0.2, 0.25) is 5.02 Å². The molecule has 78 valence electrons. The van der Waals surface area contributed by atoms with Gasteiger partial charge in [0.1, 0.15) is 0 Å². The summed E-state index contributed by atoms with van der Waals surface area (Å²) in [5.41, 5.74) is 6.49. The second-order valence-corrected chi connectivity index (χ2v) is 3.72. The van der Waals surface area contributed by atoms with Crippen molar-refractivity contribution in [2.45, 2.75) is 18.9 Å². The number of Topliss-reactive ketones (excluding diaryl/α,β-unsaturated/α-hetero) is 1. The minimum atomic E-state index is -0.564. The van der Waals surface area contributed by atoms with Crippen LogP contribution in [0, 0.1) is 12.3 Å². The topological polar surface area (TPSA) is 43.1 Å². The third-order valence-electron chi connectivity index (χ3n) is 2.04. The fourth-order valence-corrected chi connectivity index (χ4v) is 1.30. The van der Waals surface area contributed by atoms with Gasteiger partial charge in [-0.25, -0.2) is 0 Å². The molecule has 0 fully saturated rings. The van der Waals surface area contributed by atoms with Crippen LogP contribution in [-0.2, 0) is 11.2 Å². The van der Waals surface area contributed by atoms with Crippen LogP contribution in [0.15, 0.2) is 24.3 Å². The first-order valence-electron chi connectivity index (χ1n) is 4.59. The molecular weight excluding hydrogens is 210 g/mol. The van der Waals surface area contributed by atoms with Crippen LogP contribution in [0.5, 0.6) is 0 Å². The van der Waals surface area contributed by atoms with Gasteiger partial charge >= 0.3 is 0 Å². The Morgan fingerprint density at radius 3 is 2.60 bits per heavy atom. The van der Waals surface area contributed by atoms with Crippen LogP contribution < -0.4 is 5.73 Å². The van der Waals surface area contributed by atoms with Gasteiger partial charge in [0.25, 0.3) is 0 Å². The summed E-state index contributed by atoms with van der Waals surface area (Å²) in [5, 5.41) is 0.652. The summed E-state index contributed by atoms with van der Waals surface area (Å²) in [7, 11) is 0. The first-order chi connectivity index (χ1) is 7.13. The Morgan fingerprint density at radius 2 is 2.07 bits per heavy atom. The number of nitrogens with two attached hydrogens (primary N) is 1. The van der Waals surface area contributed by atoms with Gasteiger partial charge in [0.2, 0.25) is 0 Å². The molecule has 1 aromatic carbocycles. The average molecular weight is 222 g/mol. The van der Waals surface area contributed by atoms with Crippen molar-refractivity contribution in [2.75, 3.05) is 0 Å². The van der Waals surface area contributed by atoms with E-state index >= 15 is 0 Å². The molecule has 0 aliphatic rings. The first kappa shape index (κ1) is 11.8. The monoisotopic (exact) mass is 221 g/mol. The Balaban J connectivity index is 2.59. The van der Waals surface area contributed by atoms with Gasteiger partial charge in [-0.15, -0.1) is 12.3 Å². The maximum atomic E-state index is 11.5. The molecule has 1 aromatic rings. The molecule has 0 amide bonds. The number of ketones is 1. The molecule has 2 nitrogen and oxygen atoms in total. The zero-order chi connectivity index (χ0) is 11.3. The van der Waals surface area contributed by atoms with Gasteiger partial charge in [-0.05, 0) is 17.7 Å². The molecule has 0 bridgehead atoms. The number of benzene rings is 1. The molecule has 1 unspecified atom stereocenters. The summed E-state index contributed by atoms with van der Waals surface area (Å²) in [5.74, 6) is 2.33. The van der Waals surface area contributed by atoms with E-state index < -0.39 is 6.04 Å². The quantitative estimate of drug-likeness (QED) is 0.788. The van der Waals surface area contributed by atoms with Crippen LogP contribution in [-0.4, -0.2) is 11.8 Å². The predicted molar refractivity (Wildman–Crippen MR) is 61.6 cm³/mol. The van der Waals surface area contributed by atoms with Crippen LogP contribution in [0.3, 0.4) is 0 Å².